The van der Waals surface area contributed by atoms with Gasteiger partial charge >= 0.3 is 20.1 Å². The first-order valence-corrected chi connectivity index (χ1v) is 25.9. The third-order valence-electron chi connectivity index (χ3n) is 15.0. The molecule has 0 saturated carbocycles. The van der Waals surface area contributed by atoms with Crippen molar-refractivity contribution >= 4 is 0 Å². The van der Waals surface area contributed by atoms with Crippen molar-refractivity contribution in [3.8, 4) is 84.3 Å². The third kappa shape index (κ3) is 10.7. The molecule has 3 aromatic heterocycles. The number of hydrogen-bond acceptors (Lipinski definition) is 4. The van der Waals surface area contributed by atoms with Crippen molar-refractivity contribution in [3.05, 3.63) is 256 Å². The first-order valence-electron chi connectivity index (χ1n) is 25.9. The maximum atomic E-state index is 14.8. The van der Waals surface area contributed by atoms with Crippen LogP contribution in [0.1, 0.15) is 68.5 Å². The second-order valence-electron chi connectivity index (χ2n) is 20.0. The summed E-state index contributed by atoms with van der Waals surface area (Å²) >= 11 is 0. The number of hydrogen-bond donors (Lipinski definition) is 0. The molecule has 75 heavy (non-hydrogen) atoms. The average molecular weight is 1150 g/mol. The second-order valence-corrected chi connectivity index (χ2v) is 20.0. The minimum atomic E-state index is -0.527. The molecule has 2 aliphatic carbocycles. The Bertz CT molecular complexity index is 3620. The van der Waals surface area contributed by atoms with Gasteiger partial charge in [0.1, 0.15) is 11.9 Å². The van der Waals surface area contributed by atoms with Gasteiger partial charge in [0.05, 0.1) is 5.56 Å². The van der Waals surface area contributed by atoms with Crippen molar-refractivity contribution in [2.24, 2.45) is 0 Å². The van der Waals surface area contributed by atoms with Gasteiger partial charge in [-0.05, 0) is 143 Å². The number of fused-ring (bicyclic) bond motifs is 2. The molecule has 6 heteroatoms. The fourth-order valence-electron chi connectivity index (χ4n) is 10.9. The number of rotatable bonds is 13. The molecule has 0 aliphatic heterocycles. The Balaban J connectivity index is 0.00000602. The van der Waals surface area contributed by atoms with E-state index in [1.54, 1.807) is 6.07 Å². The largest absolute Gasteiger partial charge is 3.00 e. The van der Waals surface area contributed by atoms with E-state index in [1.807, 2.05) is 37.4 Å². The molecule has 0 fully saturated rings. The Morgan fingerprint density at radius 2 is 1.01 bits per heavy atom. The summed E-state index contributed by atoms with van der Waals surface area (Å²) in [5.41, 5.74) is 25.7. The number of benzene rings is 7. The fourth-order valence-corrected chi connectivity index (χ4v) is 10.9. The molecular formula is C69H52FIrN4. The Morgan fingerprint density at radius 1 is 0.453 bits per heavy atom. The van der Waals surface area contributed by atoms with Crippen molar-refractivity contribution in [2.45, 2.75) is 71.1 Å². The zero-order valence-corrected chi connectivity index (χ0v) is 44.2. The molecule has 0 unspecified atom stereocenters. The maximum Gasteiger partial charge on any atom is 3.00 e. The third-order valence-corrected chi connectivity index (χ3v) is 15.0. The zero-order chi connectivity index (χ0) is 50.0. The SMILES string of the molecule is Cc1ccc(-c2[c-]cc(-c3ccccc3-c3cc(CCc4c[c-]c(-c5cc6c(cn5)CCC6)cc4)cc(CCc4c[c-]c(-c5cc6c(cn5)CCC6)cc4)c3)c(-c3ccc(-c4ccc(C#N)c(F)c4)cc3)c2)nc1.[Ir+3]. The van der Waals surface area contributed by atoms with Gasteiger partial charge in [0.15, 0.2) is 0 Å². The summed E-state index contributed by atoms with van der Waals surface area (Å²) in [6.45, 7) is 2.04. The van der Waals surface area contributed by atoms with Crippen LogP contribution in [0.4, 0.5) is 4.39 Å². The smallest absolute Gasteiger partial charge is 0.304 e. The van der Waals surface area contributed by atoms with Gasteiger partial charge in [-0.15, -0.1) is 94.5 Å². The monoisotopic (exact) mass is 1150 g/mol. The Labute approximate surface area is 453 Å². The molecule has 0 saturated heterocycles. The molecule has 7 aromatic carbocycles. The van der Waals surface area contributed by atoms with E-state index < -0.39 is 5.82 Å². The van der Waals surface area contributed by atoms with Crippen LogP contribution in [0.3, 0.4) is 0 Å². The van der Waals surface area contributed by atoms with Gasteiger partial charge in [-0.3, -0.25) is 0 Å². The second kappa shape index (κ2) is 21.9. The van der Waals surface area contributed by atoms with Gasteiger partial charge in [-0.2, -0.15) is 5.26 Å². The van der Waals surface area contributed by atoms with Gasteiger partial charge in [0.25, 0.3) is 0 Å². The number of halogens is 1. The van der Waals surface area contributed by atoms with Crippen molar-refractivity contribution in [2.75, 3.05) is 0 Å². The molecule has 0 atom stereocenters. The van der Waals surface area contributed by atoms with E-state index in [0.29, 0.717) is 5.56 Å². The minimum absolute atomic E-state index is 0. The molecule has 0 bridgehead atoms. The molecule has 0 spiro atoms. The summed E-state index contributed by atoms with van der Waals surface area (Å²) in [5.74, 6) is -0.527. The molecule has 0 radical (unpaired) electrons. The molecule has 364 valence electrons. The summed E-state index contributed by atoms with van der Waals surface area (Å²) in [6, 6.07) is 67.6. The van der Waals surface area contributed by atoms with Crippen LogP contribution in [-0.4, -0.2) is 15.0 Å². The van der Waals surface area contributed by atoms with Crippen LogP contribution in [0.2, 0.25) is 0 Å². The summed E-state index contributed by atoms with van der Waals surface area (Å²) in [5, 5.41) is 9.35. The topological polar surface area (TPSA) is 62.5 Å². The van der Waals surface area contributed by atoms with Crippen LogP contribution in [0, 0.1) is 42.3 Å². The molecule has 3 heterocycles. The number of pyridine rings is 3. The molecular weight excluding hydrogens is 1100 g/mol. The van der Waals surface area contributed by atoms with E-state index in [4.69, 9.17) is 15.0 Å². The first-order chi connectivity index (χ1) is 36.4. The average Bonchev–Trinajstić information content (AvgIpc) is 4.14. The molecule has 4 nitrogen and oxygen atoms in total. The van der Waals surface area contributed by atoms with Gasteiger partial charge < -0.3 is 15.0 Å². The minimum Gasteiger partial charge on any atom is -0.304 e. The van der Waals surface area contributed by atoms with E-state index >= 15 is 0 Å². The van der Waals surface area contributed by atoms with Gasteiger partial charge in [-0.25, -0.2) is 4.39 Å². The number of aryl methyl sites for hydroxylation is 9. The summed E-state index contributed by atoms with van der Waals surface area (Å²) in [7, 11) is 0. The predicted octanol–water partition coefficient (Wildman–Crippen LogP) is 15.8. The molecule has 10 aromatic rings. The number of nitrogens with zero attached hydrogens (tertiary/aromatic N) is 4. The normalized spacial score (nSPS) is 12.4. The fraction of sp³-hybridized carbons (Fsp3) is 0.159. The standard InChI is InChI=1S/C69H52FN4.Ir/c1-45-12-33-67(72-42-45)57-31-32-64(65(37-57)51-27-25-50(26-28-51)56-29-30-58(41-71)66(70)38-56)63-11-3-2-10-62(63)61-35-48(15-13-46-17-21-52(22-18-46)68-39-54-6-4-8-59(54)43-73-68)34-49(36-61)16-14-47-19-23-53(24-20-47)69-40-55-7-5-9-60(55)44-74-69;/h2-3,10-12,17-21,23,25-30,32-40,42-44H,4-9,13-16H2,1H3;/q-3;+3. The molecule has 0 amide bonds. The molecule has 2 aliphatic rings. The van der Waals surface area contributed by atoms with E-state index in [0.717, 1.165) is 130 Å². The van der Waals surface area contributed by atoms with Crippen LogP contribution in [0.25, 0.3) is 78.3 Å². The van der Waals surface area contributed by atoms with Gasteiger partial charge in [0.2, 0.25) is 0 Å². The van der Waals surface area contributed by atoms with E-state index in [2.05, 4.69) is 152 Å². The molecule has 12 rings (SSSR count). The van der Waals surface area contributed by atoms with Gasteiger partial charge in [0, 0.05) is 18.6 Å². The van der Waals surface area contributed by atoms with Crippen LogP contribution >= 0.6 is 0 Å². The molecule has 0 N–H and O–H groups in total. The summed E-state index contributed by atoms with van der Waals surface area (Å²) in [6.07, 6.45) is 16.4. The van der Waals surface area contributed by atoms with Gasteiger partial charge in [-0.1, -0.05) is 138 Å². The predicted molar refractivity (Wildman–Crippen MR) is 296 cm³/mol. The number of aromatic nitrogens is 3. The van der Waals surface area contributed by atoms with E-state index in [1.165, 1.54) is 69.5 Å². The van der Waals surface area contributed by atoms with Crippen LogP contribution in [0.15, 0.2) is 176 Å². The van der Waals surface area contributed by atoms with Crippen LogP contribution in [-0.2, 0) is 71.5 Å². The first kappa shape index (κ1) is 49.3. The maximum absolute atomic E-state index is 14.8. The van der Waals surface area contributed by atoms with Crippen LogP contribution < -0.4 is 0 Å². The van der Waals surface area contributed by atoms with Crippen LogP contribution in [0.5, 0.6) is 0 Å². The summed E-state index contributed by atoms with van der Waals surface area (Å²) in [4.78, 5) is 14.4. The van der Waals surface area contributed by atoms with Crippen molar-refractivity contribution in [1.29, 1.82) is 5.26 Å². The quantitative estimate of drug-likeness (QED) is 0.108. The Morgan fingerprint density at radius 3 is 1.59 bits per heavy atom. The Hall–Kier alpha value is -7.94. The van der Waals surface area contributed by atoms with E-state index in [9.17, 15) is 9.65 Å². The van der Waals surface area contributed by atoms with E-state index in [-0.39, 0.29) is 25.7 Å². The zero-order valence-electron chi connectivity index (χ0n) is 41.8. The van der Waals surface area contributed by atoms with Crippen molar-refractivity contribution < 1.29 is 24.5 Å². The van der Waals surface area contributed by atoms with Crippen molar-refractivity contribution in [3.63, 3.8) is 0 Å². The Kier molecular flexibility index (Phi) is 14.4. The number of nitriles is 1. The summed E-state index contributed by atoms with van der Waals surface area (Å²) < 4.78 is 14.8. The van der Waals surface area contributed by atoms with Crippen molar-refractivity contribution in [1.82, 2.24) is 15.0 Å².